The number of ether oxygens (including phenoxy) is 2. The molecule has 0 saturated heterocycles. The van der Waals surface area contributed by atoms with Gasteiger partial charge in [-0.1, -0.05) is 18.2 Å². The molecule has 6 nitrogen and oxygen atoms in total. The molecule has 7 heteroatoms. The van der Waals surface area contributed by atoms with Crippen molar-refractivity contribution in [1.82, 2.24) is 4.31 Å². The van der Waals surface area contributed by atoms with Gasteiger partial charge in [-0.05, 0) is 11.6 Å². The summed E-state index contributed by atoms with van der Waals surface area (Å²) >= 11 is 0. The van der Waals surface area contributed by atoms with Crippen LogP contribution in [0.25, 0.3) is 0 Å². The Morgan fingerprint density at radius 3 is 2.15 bits per heavy atom. The van der Waals surface area contributed by atoms with Gasteiger partial charge < -0.3 is 14.6 Å². The van der Waals surface area contributed by atoms with Crippen LogP contribution < -0.4 is 0 Å². The first-order valence-electron chi connectivity index (χ1n) is 6.24. The van der Waals surface area contributed by atoms with Crippen molar-refractivity contribution in [2.45, 2.75) is 11.5 Å². The third-order valence-corrected chi connectivity index (χ3v) is 4.85. The maximum absolute atomic E-state index is 12.6. The molecular weight excluding hydrogens is 282 g/mol. The molecule has 0 amide bonds. The summed E-state index contributed by atoms with van der Waals surface area (Å²) in [4.78, 5) is 0.120. The zero-order chi connectivity index (χ0) is 15.0. The maximum Gasteiger partial charge on any atom is 0.243 e. The Kier molecular flexibility index (Phi) is 7.11. The number of aliphatic hydroxyl groups excluding tert-OH is 1. The number of hydrogen-bond donors (Lipinski definition) is 1. The summed E-state index contributed by atoms with van der Waals surface area (Å²) in [5.74, 6) is 0. The van der Waals surface area contributed by atoms with Crippen molar-refractivity contribution in [1.29, 1.82) is 0 Å². The molecule has 0 atom stereocenters. The molecule has 0 saturated carbocycles. The van der Waals surface area contributed by atoms with E-state index < -0.39 is 10.0 Å². The molecule has 20 heavy (non-hydrogen) atoms. The van der Waals surface area contributed by atoms with Crippen LogP contribution in [0.5, 0.6) is 0 Å². The Morgan fingerprint density at radius 1 is 1.10 bits per heavy atom. The average Bonchev–Trinajstić information content (AvgIpc) is 2.47. The van der Waals surface area contributed by atoms with Crippen molar-refractivity contribution < 1.29 is 23.0 Å². The van der Waals surface area contributed by atoms with Crippen molar-refractivity contribution in [3.05, 3.63) is 29.8 Å². The van der Waals surface area contributed by atoms with Gasteiger partial charge in [0.15, 0.2) is 0 Å². The van der Waals surface area contributed by atoms with E-state index in [0.29, 0.717) is 18.8 Å². The quantitative estimate of drug-likeness (QED) is 0.717. The van der Waals surface area contributed by atoms with E-state index in [4.69, 9.17) is 9.47 Å². The summed E-state index contributed by atoms with van der Waals surface area (Å²) in [7, 11) is -0.642. The zero-order valence-electron chi connectivity index (χ0n) is 11.8. The maximum atomic E-state index is 12.6. The molecule has 0 spiro atoms. The fourth-order valence-electron chi connectivity index (χ4n) is 1.76. The van der Waals surface area contributed by atoms with Crippen LogP contribution in [0.4, 0.5) is 0 Å². The molecule has 1 aromatic carbocycles. The highest BCUT2D eigenvalue weighted by Gasteiger charge is 2.26. The Hall–Kier alpha value is -0.990. The molecule has 1 aromatic rings. The molecular formula is C13H21NO5S. The summed E-state index contributed by atoms with van der Waals surface area (Å²) in [5, 5.41) is 9.28. The van der Waals surface area contributed by atoms with Gasteiger partial charge in [0.25, 0.3) is 0 Å². The standard InChI is InChI=1S/C13H21NO5S/c1-18-9-7-14(8-10-19-2)20(16,17)13-6-4-3-5-12(13)11-15/h3-6,15H,7-11H2,1-2H3. The molecule has 0 fully saturated rings. The normalized spacial score (nSPS) is 12.0. The second-order valence-corrected chi connectivity index (χ2v) is 6.06. The number of rotatable bonds is 9. The lowest BCUT2D eigenvalue weighted by atomic mass is 10.2. The number of nitrogens with zero attached hydrogens (tertiary/aromatic N) is 1. The van der Waals surface area contributed by atoms with E-state index in [-0.39, 0.29) is 24.6 Å². The first kappa shape index (κ1) is 17.1. The first-order chi connectivity index (χ1) is 9.57. The lowest BCUT2D eigenvalue weighted by Gasteiger charge is -2.22. The van der Waals surface area contributed by atoms with E-state index in [0.717, 1.165) is 0 Å². The molecule has 0 bridgehead atoms. The minimum absolute atomic E-state index is 0.120. The van der Waals surface area contributed by atoms with Crippen LogP contribution in [0.2, 0.25) is 0 Å². The smallest absolute Gasteiger partial charge is 0.243 e. The third-order valence-electron chi connectivity index (χ3n) is 2.85. The highest BCUT2D eigenvalue weighted by atomic mass is 32.2. The van der Waals surface area contributed by atoms with E-state index in [2.05, 4.69) is 0 Å². The van der Waals surface area contributed by atoms with Gasteiger partial charge in [-0.25, -0.2) is 8.42 Å². The molecule has 0 radical (unpaired) electrons. The van der Waals surface area contributed by atoms with Crippen molar-refractivity contribution in [2.24, 2.45) is 0 Å². The van der Waals surface area contributed by atoms with Crippen molar-refractivity contribution >= 4 is 10.0 Å². The second-order valence-electron chi connectivity index (χ2n) is 4.16. The molecule has 0 heterocycles. The Labute approximate surface area is 120 Å². The van der Waals surface area contributed by atoms with E-state index >= 15 is 0 Å². The fraction of sp³-hybridized carbons (Fsp3) is 0.538. The highest BCUT2D eigenvalue weighted by molar-refractivity contribution is 7.89. The minimum Gasteiger partial charge on any atom is -0.392 e. The predicted molar refractivity (Wildman–Crippen MR) is 74.9 cm³/mol. The highest BCUT2D eigenvalue weighted by Crippen LogP contribution is 2.20. The van der Waals surface area contributed by atoms with Gasteiger partial charge in [0.1, 0.15) is 0 Å². The van der Waals surface area contributed by atoms with Crippen LogP contribution in [0, 0.1) is 0 Å². The fourth-order valence-corrected chi connectivity index (χ4v) is 3.39. The van der Waals surface area contributed by atoms with Crippen LogP contribution in [-0.2, 0) is 26.1 Å². The number of aliphatic hydroxyl groups is 1. The van der Waals surface area contributed by atoms with Gasteiger partial charge in [-0.15, -0.1) is 0 Å². The van der Waals surface area contributed by atoms with Gasteiger partial charge in [0.2, 0.25) is 10.0 Å². The number of sulfonamides is 1. The lowest BCUT2D eigenvalue weighted by molar-refractivity contribution is 0.150. The zero-order valence-corrected chi connectivity index (χ0v) is 12.6. The van der Waals surface area contributed by atoms with Gasteiger partial charge in [-0.2, -0.15) is 4.31 Å². The van der Waals surface area contributed by atoms with E-state index in [1.807, 2.05) is 0 Å². The third kappa shape index (κ3) is 4.26. The van der Waals surface area contributed by atoms with Gasteiger partial charge in [0.05, 0.1) is 24.7 Å². The summed E-state index contributed by atoms with van der Waals surface area (Å²) < 4.78 is 36.4. The number of benzene rings is 1. The van der Waals surface area contributed by atoms with Crippen LogP contribution >= 0.6 is 0 Å². The summed E-state index contributed by atoms with van der Waals surface area (Å²) in [6.45, 7) is 0.746. The Morgan fingerprint density at radius 2 is 1.65 bits per heavy atom. The minimum atomic E-state index is -3.67. The number of methoxy groups -OCH3 is 2. The summed E-state index contributed by atoms with van der Waals surface area (Å²) in [6.07, 6.45) is 0. The van der Waals surface area contributed by atoms with Crippen LogP contribution in [0.15, 0.2) is 29.2 Å². The van der Waals surface area contributed by atoms with E-state index in [1.165, 1.54) is 24.6 Å². The lowest BCUT2D eigenvalue weighted by Crippen LogP contribution is -2.36. The molecule has 1 N–H and O–H groups in total. The van der Waals surface area contributed by atoms with Crippen molar-refractivity contribution in [3.63, 3.8) is 0 Å². The molecule has 0 aromatic heterocycles. The van der Waals surface area contributed by atoms with Crippen LogP contribution in [0.1, 0.15) is 5.56 Å². The largest absolute Gasteiger partial charge is 0.392 e. The summed E-state index contributed by atoms with van der Waals surface area (Å²) in [6, 6.07) is 6.42. The molecule has 0 aliphatic rings. The van der Waals surface area contributed by atoms with Crippen LogP contribution in [-0.4, -0.2) is 58.4 Å². The Bertz CT molecular complexity index is 495. The number of hydrogen-bond acceptors (Lipinski definition) is 5. The van der Waals surface area contributed by atoms with E-state index in [9.17, 15) is 13.5 Å². The Balaban J connectivity index is 3.07. The first-order valence-corrected chi connectivity index (χ1v) is 7.68. The molecule has 0 aliphatic carbocycles. The van der Waals surface area contributed by atoms with Gasteiger partial charge in [-0.3, -0.25) is 0 Å². The van der Waals surface area contributed by atoms with Gasteiger partial charge >= 0.3 is 0 Å². The molecule has 0 aliphatic heterocycles. The molecule has 0 unspecified atom stereocenters. The topological polar surface area (TPSA) is 76.1 Å². The van der Waals surface area contributed by atoms with Gasteiger partial charge in [0, 0.05) is 27.3 Å². The molecule has 114 valence electrons. The molecule has 1 rings (SSSR count). The van der Waals surface area contributed by atoms with Crippen LogP contribution in [0.3, 0.4) is 0 Å². The summed E-state index contributed by atoms with van der Waals surface area (Å²) in [5.41, 5.74) is 0.382. The van der Waals surface area contributed by atoms with Crippen molar-refractivity contribution in [3.8, 4) is 0 Å². The second kappa shape index (κ2) is 8.33. The SMILES string of the molecule is COCCN(CCOC)S(=O)(=O)c1ccccc1CO. The monoisotopic (exact) mass is 303 g/mol. The average molecular weight is 303 g/mol. The van der Waals surface area contributed by atoms with E-state index in [1.54, 1.807) is 18.2 Å². The predicted octanol–water partition coefficient (Wildman–Crippen LogP) is 0.462. The van der Waals surface area contributed by atoms with Crippen molar-refractivity contribution in [2.75, 3.05) is 40.5 Å².